The van der Waals surface area contributed by atoms with E-state index in [2.05, 4.69) is 121 Å². The van der Waals surface area contributed by atoms with Gasteiger partial charge in [-0.25, -0.2) is 0 Å². The Morgan fingerprint density at radius 3 is 1.08 bits per heavy atom. The van der Waals surface area contributed by atoms with Crippen LogP contribution in [0, 0.1) is 0 Å². The molecular formula is C33H34O2P2. The molecule has 0 N–H and O–H groups in total. The maximum Gasteiger partial charge on any atom is 0.169 e. The minimum Gasteiger partial charge on any atom is -0.344 e. The molecular weight excluding hydrogens is 490 g/mol. The number of benzene rings is 4. The average molecular weight is 525 g/mol. The summed E-state index contributed by atoms with van der Waals surface area (Å²) in [5, 5.41) is 5.64. The van der Waals surface area contributed by atoms with Gasteiger partial charge in [0, 0.05) is 25.2 Å². The van der Waals surface area contributed by atoms with Crippen LogP contribution >= 0.6 is 15.8 Å². The van der Waals surface area contributed by atoms with Crippen LogP contribution in [0.5, 0.6) is 0 Å². The van der Waals surface area contributed by atoms with E-state index in [1.165, 1.54) is 34.1 Å². The first-order valence-electron chi connectivity index (χ1n) is 13.4. The Morgan fingerprint density at radius 1 is 0.486 bits per heavy atom. The highest BCUT2D eigenvalue weighted by Crippen LogP contribution is 2.48. The predicted octanol–water partition coefficient (Wildman–Crippen LogP) is 6.31. The van der Waals surface area contributed by atoms with E-state index in [0.29, 0.717) is 0 Å². The quantitative estimate of drug-likeness (QED) is 0.252. The smallest absolute Gasteiger partial charge is 0.169 e. The zero-order chi connectivity index (χ0) is 24.9. The van der Waals surface area contributed by atoms with Crippen LogP contribution in [-0.4, -0.2) is 30.3 Å². The summed E-state index contributed by atoms with van der Waals surface area (Å²) >= 11 is 0. The molecule has 1 saturated carbocycles. The molecule has 188 valence electrons. The molecule has 2 fully saturated rings. The van der Waals surface area contributed by atoms with E-state index in [1.807, 2.05) is 0 Å². The lowest BCUT2D eigenvalue weighted by atomic mass is 10.2. The van der Waals surface area contributed by atoms with Gasteiger partial charge in [-0.2, -0.15) is 0 Å². The molecule has 4 heteroatoms. The van der Waals surface area contributed by atoms with Gasteiger partial charge in [-0.05, 0) is 49.9 Å². The minimum atomic E-state index is -0.551. The largest absolute Gasteiger partial charge is 0.344 e. The molecule has 1 heterocycles. The third-order valence-electron chi connectivity index (χ3n) is 7.51. The van der Waals surface area contributed by atoms with Crippen molar-refractivity contribution in [1.29, 1.82) is 0 Å². The van der Waals surface area contributed by atoms with Gasteiger partial charge >= 0.3 is 0 Å². The average Bonchev–Trinajstić information content (AvgIpc) is 3.57. The third-order valence-corrected chi connectivity index (χ3v) is 12.6. The van der Waals surface area contributed by atoms with Gasteiger partial charge in [0.05, 0.1) is 12.2 Å². The highest BCUT2D eigenvalue weighted by Gasteiger charge is 2.50. The summed E-state index contributed by atoms with van der Waals surface area (Å²) in [6.07, 6.45) is 6.57. The Hall–Kier alpha value is -2.34. The first kappa shape index (κ1) is 25.0. The summed E-state index contributed by atoms with van der Waals surface area (Å²) in [5.41, 5.74) is 0. The summed E-state index contributed by atoms with van der Waals surface area (Å²) in [6.45, 7) is 0. The molecule has 2 atom stereocenters. The molecule has 2 aliphatic rings. The molecule has 4 aromatic rings. The summed E-state index contributed by atoms with van der Waals surface area (Å²) < 4.78 is 13.9. The molecule has 0 aromatic heterocycles. The lowest BCUT2D eigenvalue weighted by Crippen LogP contribution is -2.33. The van der Waals surface area contributed by atoms with Crippen molar-refractivity contribution in [2.45, 2.75) is 43.7 Å². The first-order valence-corrected chi connectivity index (χ1v) is 16.5. The second-order valence-electron chi connectivity index (χ2n) is 9.99. The van der Waals surface area contributed by atoms with Gasteiger partial charge in [0.25, 0.3) is 0 Å². The lowest BCUT2D eigenvalue weighted by Gasteiger charge is -2.27. The fraction of sp³-hybridized carbons (Fsp3) is 0.273. The molecule has 0 bridgehead atoms. The zero-order valence-electron chi connectivity index (χ0n) is 21.2. The molecule has 0 amide bonds. The van der Waals surface area contributed by atoms with Crippen LogP contribution in [0.4, 0.5) is 0 Å². The highest BCUT2D eigenvalue weighted by atomic mass is 31.1. The van der Waals surface area contributed by atoms with E-state index in [-0.39, 0.29) is 12.2 Å². The van der Waals surface area contributed by atoms with Gasteiger partial charge in [-0.3, -0.25) is 0 Å². The Bertz CT molecular complexity index is 1070. The fourth-order valence-corrected chi connectivity index (χ4v) is 10.6. The van der Waals surface area contributed by atoms with E-state index in [0.717, 1.165) is 25.2 Å². The zero-order valence-corrected chi connectivity index (χ0v) is 22.9. The standard InChI is InChI=1S/C33H34O2P2/c1-5-15-27(16-6-1)36(28-17-7-2-8-18-28)25-31-32(35-33(34-31)23-13-14-24-33)26-37(29-19-9-3-10-20-29)30-21-11-4-12-22-30/h1-12,15-22,31-32H,13-14,23-26H2/t31-,32-/m1/s1. The molecule has 0 radical (unpaired) electrons. The second-order valence-corrected chi connectivity index (χ2v) is 14.5. The van der Waals surface area contributed by atoms with Crippen LogP contribution < -0.4 is 21.2 Å². The SMILES string of the molecule is c1ccc(P(C[C@H]2OC3(CCCC3)O[C@@H]2CP(c2ccccc2)c2ccccc2)c2ccccc2)cc1. The molecule has 1 aliphatic carbocycles. The van der Waals surface area contributed by atoms with Crippen LogP contribution in [0.3, 0.4) is 0 Å². The lowest BCUT2D eigenvalue weighted by molar-refractivity contribution is -0.166. The summed E-state index contributed by atoms with van der Waals surface area (Å²) in [5.74, 6) is -0.391. The predicted molar refractivity (Wildman–Crippen MR) is 159 cm³/mol. The van der Waals surface area contributed by atoms with Crippen LogP contribution in [0.1, 0.15) is 25.7 Å². The van der Waals surface area contributed by atoms with Crippen molar-refractivity contribution in [3.05, 3.63) is 121 Å². The van der Waals surface area contributed by atoms with Gasteiger partial charge in [-0.1, -0.05) is 121 Å². The van der Waals surface area contributed by atoms with E-state index in [1.54, 1.807) is 0 Å². The van der Waals surface area contributed by atoms with Gasteiger partial charge in [0.2, 0.25) is 0 Å². The van der Waals surface area contributed by atoms with Gasteiger partial charge in [0.15, 0.2) is 5.79 Å². The summed E-state index contributed by atoms with van der Waals surface area (Å²) in [6, 6.07) is 44.1. The van der Waals surface area contributed by atoms with Crippen LogP contribution in [0.2, 0.25) is 0 Å². The van der Waals surface area contributed by atoms with Gasteiger partial charge in [-0.15, -0.1) is 0 Å². The van der Waals surface area contributed by atoms with Crippen molar-refractivity contribution in [2.75, 3.05) is 12.3 Å². The van der Waals surface area contributed by atoms with E-state index >= 15 is 0 Å². The topological polar surface area (TPSA) is 18.5 Å². The van der Waals surface area contributed by atoms with E-state index < -0.39 is 21.6 Å². The monoisotopic (exact) mass is 524 g/mol. The van der Waals surface area contributed by atoms with Crippen molar-refractivity contribution in [3.8, 4) is 0 Å². The Morgan fingerprint density at radius 2 is 0.784 bits per heavy atom. The van der Waals surface area contributed by atoms with E-state index in [4.69, 9.17) is 9.47 Å². The number of ether oxygens (including phenoxy) is 2. The fourth-order valence-electron chi connectivity index (χ4n) is 5.70. The summed E-state index contributed by atoms with van der Waals surface area (Å²) in [4.78, 5) is 0. The number of hydrogen-bond acceptors (Lipinski definition) is 2. The normalized spacial score (nSPS) is 20.7. The van der Waals surface area contributed by atoms with Crippen LogP contribution in [0.15, 0.2) is 121 Å². The Kier molecular flexibility index (Phi) is 7.82. The molecule has 1 spiro atoms. The van der Waals surface area contributed by atoms with Crippen LogP contribution in [0.25, 0.3) is 0 Å². The Labute approximate surface area is 223 Å². The number of rotatable bonds is 8. The highest BCUT2D eigenvalue weighted by molar-refractivity contribution is 7.73. The minimum absolute atomic E-state index is 0.0852. The van der Waals surface area contributed by atoms with E-state index in [9.17, 15) is 0 Å². The molecule has 1 saturated heterocycles. The number of hydrogen-bond donors (Lipinski definition) is 0. The maximum absolute atomic E-state index is 6.97. The maximum atomic E-state index is 6.97. The molecule has 4 aromatic carbocycles. The molecule has 6 rings (SSSR count). The van der Waals surface area contributed by atoms with Crippen molar-refractivity contribution in [3.63, 3.8) is 0 Å². The molecule has 2 nitrogen and oxygen atoms in total. The van der Waals surface area contributed by atoms with Crippen molar-refractivity contribution < 1.29 is 9.47 Å². The Balaban J connectivity index is 1.34. The third kappa shape index (κ3) is 5.74. The first-order chi connectivity index (χ1) is 18.3. The van der Waals surface area contributed by atoms with Crippen LogP contribution in [-0.2, 0) is 9.47 Å². The van der Waals surface area contributed by atoms with Crippen molar-refractivity contribution in [2.24, 2.45) is 0 Å². The second kappa shape index (κ2) is 11.6. The van der Waals surface area contributed by atoms with Gasteiger partial charge in [0.1, 0.15) is 0 Å². The molecule has 0 unspecified atom stereocenters. The summed E-state index contributed by atoms with van der Waals surface area (Å²) in [7, 11) is -1.10. The molecule has 37 heavy (non-hydrogen) atoms. The van der Waals surface area contributed by atoms with Crippen molar-refractivity contribution >= 4 is 37.1 Å². The molecule has 1 aliphatic heterocycles. The van der Waals surface area contributed by atoms with Gasteiger partial charge < -0.3 is 9.47 Å². The van der Waals surface area contributed by atoms with Crippen molar-refractivity contribution in [1.82, 2.24) is 0 Å².